The van der Waals surface area contributed by atoms with Gasteiger partial charge in [-0.2, -0.15) is 0 Å². The van der Waals surface area contributed by atoms with Crippen molar-refractivity contribution in [2.75, 3.05) is 0 Å². The zero-order valence-corrected chi connectivity index (χ0v) is 14.2. The molecule has 0 saturated heterocycles. The molecular weight excluding hydrogens is 276 g/mol. The Morgan fingerprint density at radius 1 is 0.870 bits per heavy atom. The lowest BCUT2D eigenvalue weighted by Gasteiger charge is -2.20. The smallest absolute Gasteiger partial charge is 0.0339 e. The summed E-state index contributed by atoms with van der Waals surface area (Å²) in [6, 6.07) is 10.5. The second-order valence-corrected chi connectivity index (χ2v) is 5.03. The van der Waals surface area contributed by atoms with E-state index in [1.807, 2.05) is 44.2 Å². The molecule has 0 saturated carbocycles. The molecule has 0 amide bonds. The molecule has 1 rings (SSSR count). The molecule has 0 aliphatic heterocycles. The van der Waals surface area contributed by atoms with Gasteiger partial charge in [0.15, 0.2) is 0 Å². The Morgan fingerprint density at radius 3 is 2.13 bits per heavy atom. The minimum Gasteiger partial charge on any atom is -0.0991 e. The minimum absolute atomic E-state index is 0.149. The summed E-state index contributed by atoms with van der Waals surface area (Å²) in [5, 5.41) is 0. The van der Waals surface area contributed by atoms with Crippen LogP contribution in [0.25, 0.3) is 0 Å². The second-order valence-electron chi connectivity index (χ2n) is 5.03. The van der Waals surface area contributed by atoms with E-state index in [0.717, 1.165) is 5.57 Å². The summed E-state index contributed by atoms with van der Waals surface area (Å²) in [6.07, 6.45) is 20.2. The van der Waals surface area contributed by atoms with Gasteiger partial charge in [-0.15, -0.1) is 0 Å². The maximum absolute atomic E-state index is 4.01. The Bertz CT molecular complexity index is 634. The number of benzene rings is 1. The Morgan fingerprint density at radius 2 is 1.57 bits per heavy atom. The van der Waals surface area contributed by atoms with E-state index in [2.05, 4.69) is 67.8 Å². The molecule has 23 heavy (non-hydrogen) atoms. The van der Waals surface area contributed by atoms with Gasteiger partial charge in [0.1, 0.15) is 0 Å². The molecule has 1 aromatic rings. The number of allylic oxidation sites excluding steroid dienone is 12. The highest BCUT2D eigenvalue weighted by Crippen LogP contribution is 2.33. The zero-order valence-electron chi connectivity index (χ0n) is 14.2. The van der Waals surface area contributed by atoms with E-state index < -0.39 is 0 Å². The highest BCUT2D eigenvalue weighted by Gasteiger charge is 2.17. The molecule has 1 unspecified atom stereocenters. The van der Waals surface area contributed by atoms with E-state index >= 15 is 0 Å². The summed E-state index contributed by atoms with van der Waals surface area (Å²) >= 11 is 0. The molecule has 0 heteroatoms. The van der Waals surface area contributed by atoms with Crippen molar-refractivity contribution < 1.29 is 0 Å². The highest BCUT2D eigenvalue weighted by atomic mass is 14.2. The Labute approximate surface area is 141 Å². The van der Waals surface area contributed by atoms with Crippen LogP contribution >= 0.6 is 0 Å². The van der Waals surface area contributed by atoms with E-state index in [1.165, 1.54) is 11.1 Å². The third kappa shape index (κ3) is 5.96. The first-order valence-corrected chi connectivity index (χ1v) is 7.90. The van der Waals surface area contributed by atoms with E-state index in [0.29, 0.717) is 0 Å². The third-order valence-electron chi connectivity index (χ3n) is 3.41. The average Bonchev–Trinajstić information content (AvgIpc) is 2.59. The first-order chi connectivity index (χ1) is 11.3. The normalized spacial score (nSPS) is 14.7. The quantitative estimate of drug-likeness (QED) is 0.468. The van der Waals surface area contributed by atoms with Crippen LogP contribution in [0, 0.1) is 0 Å². The number of hydrogen-bond donors (Lipinski definition) is 0. The van der Waals surface area contributed by atoms with Crippen LogP contribution in [0.1, 0.15) is 25.3 Å². The largest absolute Gasteiger partial charge is 0.0991 e. The van der Waals surface area contributed by atoms with Crippen LogP contribution < -0.4 is 0 Å². The standard InChI is InChI=1S/C23H26/c1-5-9-12-17-20(8-4)23(22-18-13-11-14-19-22)21(15-7-3)16-10-6-2/h5-19,23H,1,4H2,2-3H3/b10-6-,12-9-,15-7-,20-17+,21-16+. The van der Waals surface area contributed by atoms with Crippen LogP contribution in [-0.2, 0) is 0 Å². The van der Waals surface area contributed by atoms with Gasteiger partial charge >= 0.3 is 0 Å². The van der Waals surface area contributed by atoms with E-state index in [9.17, 15) is 0 Å². The fourth-order valence-electron chi connectivity index (χ4n) is 2.40. The number of hydrogen-bond acceptors (Lipinski definition) is 0. The molecule has 0 heterocycles. The Balaban J connectivity index is 3.47. The Hall–Kier alpha value is -2.60. The first-order valence-electron chi connectivity index (χ1n) is 7.90. The van der Waals surface area contributed by atoms with Gasteiger partial charge in [0.25, 0.3) is 0 Å². The molecule has 0 aliphatic rings. The minimum atomic E-state index is 0.149. The molecular formula is C23H26. The van der Waals surface area contributed by atoms with Gasteiger partial charge in [0.05, 0.1) is 0 Å². The third-order valence-corrected chi connectivity index (χ3v) is 3.41. The van der Waals surface area contributed by atoms with Gasteiger partial charge in [-0.25, -0.2) is 0 Å². The van der Waals surface area contributed by atoms with Crippen molar-refractivity contribution in [2.45, 2.75) is 19.8 Å². The van der Waals surface area contributed by atoms with Crippen molar-refractivity contribution in [1.82, 2.24) is 0 Å². The molecule has 118 valence electrons. The van der Waals surface area contributed by atoms with Crippen LogP contribution in [0.15, 0.2) is 115 Å². The SMILES string of the molecule is C=C/C=C\C=C(/C=C)C(C(/C=C\C)=C/C=C\C)c1ccccc1. The lowest BCUT2D eigenvalue weighted by molar-refractivity contribution is 0.977. The van der Waals surface area contributed by atoms with Crippen LogP contribution in [0.2, 0.25) is 0 Å². The lowest BCUT2D eigenvalue weighted by atomic mass is 9.83. The van der Waals surface area contributed by atoms with Crippen molar-refractivity contribution in [2.24, 2.45) is 0 Å². The van der Waals surface area contributed by atoms with Gasteiger partial charge < -0.3 is 0 Å². The van der Waals surface area contributed by atoms with Crippen LogP contribution in [-0.4, -0.2) is 0 Å². The van der Waals surface area contributed by atoms with Crippen molar-refractivity contribution in [1.29, 1.82) is 0 Å². The van der Waals surface area contributed by atoms with Crippen molar-refractivity contribution in [3.05, 3.63) is 121 Å². The van der Waals surface area contributed by atoms with Crippen LogP contribution in [0.5, 0.6) is 0 Å². The highest BCUT2D eigenvalue weighted by molar-refractivity contribution is 5.48. The van der Waals surface area contributed by atoms with E-state index in [4.69, 9.17) is 0 Å². The lowest BCUT2D eigenvalue weighted by Crippen LogP contribution is -2.04. The summed E-state index contributed by atoms with van der Waals surface area (Å²) in [6.45, 7) is 11.8. The van der Waals surface area contributed by atoms with E-state index in [-0.39, 0.29) is 5.92 Å². The van der Waals surface area contributed by atoms with Crippen molar-refractivity contribution in [3.8, 4) is 0 Å². The fraction of sp³-hybridized carbons (Fsp3) is 0.130. The predicted octanol–water partition coefficient (Wildman–Crippen LogP) is 6.70. The average molecular weight is 302 g/mol. The van der Waals surface area contributed by atoms with Crippen molar-refractivity contribution in [3.63, 3.8) is 0 Å². The first kappa shape index (κ1) is 18.4. The molecule has 0 nitrogen and oxygen atoms in total. The van der Waals surface area contributed by atoms with E-state index in [1.54, 1.807) is 6.08 Å². The molecule has 0 bridgehead atoms. The zero-order chi connectivity index (χ0) is 16.9. The molecule has 1 atom stereocenters. The fourth-order valence-corrected chi connectivity index (χ4v) is 2.40. The van der Waals surface area contributed by atoms with Gasteiger partial charge in [-0.05, 0) is 30.6 Å². The van der Waals surface area contributed by atoms with Gasteiger partial charge in [-0.1, -0.05) is 104 Å². The maximum Gasteiger partial charge on any atom is 0.0339 e. The Kier molecular flexibility index (Phi) is 8.85. The molecule has 0 fully saturated rings. The van der Waals surface area contributed by atoms with Crippen LogP contribution in [0.3, 0.4) is 0 Å². The van der Waals surface area contributed by atoms with Gasteiger partial charge in [0, 0.05) is 5.92 Å². The van der Waals surface area contributed by atoms with Crippen molar-refractivity contribution >= 4 is 0 Å². The molecule has 0 radical (unpaired) electrons. The summed E-state index contributed by atoms with van der Waals surface area (Å²) in [7, 11) is 0. The monoisotopic (exact) mass is 302 g/mol. The second kappa shape index (κ2) is 11.0. The summed E-state index contributed by atoms with van der Waals surface area (Å²) in [4.78, 5) is 0. The summed E-state index contributed by atoms with van der Waals surface area (Å²) < 4.78 is 0. The topological polar surface area (TPSA) is 0 Å². The van der Waals surface area contributed by atoms with Gasteiger partial charge in [-0.3, -0.25) is 0 Å². The molecule has 1 aromatic carbocycles. The molecule has 0 aromatic heterocycles. The number of rotatable bonds is 8. The summed E-state index contributed by atoms with van der Waals surface area (Å²) in [5.74, 6) is 0.149. The summed E-state index contributed by atoms with van der Waals surface area (Å²) in [5.41, 5.74) is 3.64. The maximum atomic E-state index is 4.01. The van der Waals surface area contributed by atoms with Gasteiger partial charge in [0.2, 0.25) is 0 Å². The molecule has 0 aliphatic carbocycles. The predicted molar refractivity (Wildman–Crippen MR) is 105 cm³/mol. The van der Waals surface area contributed by atoms with Crippen LogP contribution in [0.4, 0.5) is 0 Å². The molecule has 0 spiro atoms. The molecule has 0 N–H and O–H groups in total.